The van der Waals surface area contributed by atoms with Gasteiger partial charge in [-0.25, -0.2) is 9.59 Å². The lowest BCUT2D eigenvalue weighted by Gasteiger charge is -2.58. The van der Waals surface area contributed by atoms with Gasteiger partial charge >= 0.3 is 11.9 Å². The van der Waals surface area contributed by atoms with Gasteiger partial charge in [0.05, 0.1) is 30.8 Å². The Bertz CT molecular complexity index is 1250. The van der Waals surface area contributed by atoms with Gasteiger partial charge in [0, 0.05) is 24.3 Å². The highest BCUT2D eigenvalue weighted by molar-refractivity contribution is 5.82. The van der Waals surface area contributed by atoms with E-state index in [1.165, 1.54) is 17.7 Å². The molecule has 12 atom stereocenters. The molecule has 6 fully saturated rings. The van der Waals surface area contributed by atoms with Crippen LogP contribution in [0.4, 0.5) is 0 Å². The molecule has 2 N–H and O–H groups in total. The summed E-state index contributed by atoms with van der Waals surface area (Å²) < 4.78 is 42.8. The number of hydrogen-bond acceptors (Lipinski definition) is 11. The first-order valence-electron chi connectivity index (χ1n) is 14.2. The molecule has 6 aliphatic heterocycles. The normalized spacial score (nSPS) is 56.8. The van der Waals surface area contributed by atoms with Gasteiger partial charge < -0.3 is 43.4 Å². The van der Waals surface area contributed by atoms with Gasteiger partial charge in [-0.3, -0.25) is 0 Å². The van der Waals surface area contributed by atoms with E-state index in [9.17, 15) is 19.8 Å². The van der Waals surface area contributed by atoms with Gasteiger partial charge in [-0.2, -0.15) is 0 Å². The summed E-state index contributed by atoms with van der Waals surface area (Å²) in [6.45, 7) is 4.85. The zero-order chi connectivity index (χ0) is 27.7. The van der Waals surface area contributed by atoms with Crippen LogP contribution in [0.25, 0.3) is 0 Å². The minimum Gasteiger partial charge on any atom is -0.463 e. The Labute approximate surface area is 231 Å². The molecule has 11 heteroatoms. The van der Waals surface area contributed by atoms with Crippen LogP contribution in [0, 0.1) is 10.8 Å². The summed E-state index contributed by atoms with van der Waals surface area (Å²) in [6, 6.07) is 0. The van der Waals surface area contributed by atoms with E-state index in [1.54, 1.807) is 12.2 Å². The maximum Gasteiger partial charge on any atom is 0.338 e. The highest BCUT2D eigenvalue weighted by atomic mass is 16.7. The molecule has 8 aliphatic rings. The summed E-state index contributed by atoms with van der Waals surface area (Å²) in [5.74, 6) is -1.07. The number of hydrogen-bond donors (Lipinski definition) is 2. The van der Waals surface area contributed by atoms with Gasteiger partial charge in [0.25, 0.3) is 0 Å². The van der Waals surface area contributed by atoms with Crippen LogP contribution in [0.5, 0.6) is 0 Å². The predicted octanol–water partition coefficient (Wildman–Crippen LogP) is 0.615. The fourth-order valence-electron chi connectivity index (χ4n) is 8.86. The third kappa shape index (κ3) is 2.94. The standard InChI is InChI=1S/C29H34O11/c1-15-6-8-26-13-34-23(33)21-28(40-21)9-10-35-27(20(31)22(32)39-24(27)28)7-4-3-5-19(30)38-16-12-18(37-17(26)11-15)29(14-36-29)25(16,26)2/h3-5,7,11,16-18,20-22,24,31-32H,6,8-10,12-14H2,1-2H3/b5-3-,7-4?/t16-,17-,18-,20+,21-,22-,24+,25-,26-,27-,28+,29+/m1/s1. The number of rotatable bonds is 0. The second kappa shape index (κ2) is 8.03. The third-order valence-corrected chi connectivity index (χ3v) is 11.3. The molecule has 1 saturated carbocycles. The van der Waals surface area contributed by atoms with E-state index in [-0.39, 0.29) is 25.4 Å². The van der Waals surface area contributed by atoms with Crippen molar-refractivity contribution < 1.29 is 53.0 Å². The average molecular weight is 559 g/mol. The van der Waals surface area contributed by atoms with Crippen LogP contribution >= 0.6 is 0 Å². The van der Waals surface area contributed by atoms with E-state index in [0.717, 1.165) is 6.42 Å². The van der Waals surface area contributed by atoms with Crippen molar-refractivity contribution in [2.45, 2.75) is 99.2 Å². The van der Waals surface area contributed by atoms with Gasteiger partial charge in [-0.05, 0) is 25.8 Å². The Hall–Kier alpha value is -2.12. The first kappa shape index (κ1) is 25.6. The van der Waals surface area contributed by atoms with Crippen molar-refractivity contribution in [3.8, 4) is 0 Å². The summed E-state index contributed by atoms with van der Waals surface area (Å²) in [7, 11) is 0. The highest BCUT2D eigenvalue weighted by Crippen LogP contribution is 2.72. The monoisotopic (exact) mass is 558 g/mol. The number of ether oxygens (including phenoxy) is 7. The van der Waals surface area contributed by atoms with Crippen LogP contribution < -0.4 is 0 Å². The Kier molecular flexibility index (Phi) is 5.14. The van der Waals surface area contributed by atoms with Crippen molar-refractivity contribution in [1.29, 1.82) is 0 Å². The summed E-state index contributed by atoms with van der Waals surface area (Å²) in [5.41, 5.74) is -3.37. The van der Waals surface area contributed by atoms with Gasteiger partial charge in [0.2, 0.25) is 0 Å². The molecule has 0 radical (unpaired) electrons. The molecule has 6 heterocycles. The van der Waals surface area contributed by atoms with Crippen molar-refractivity contribution in [3.63, 3.8) is 0 Å². The van der Waals surface area contributed by atoms with E-state index in [0.29, 0.717) is 25.9 Å². The number of aliphatic hydroxyl groups is 2. The molecular formula is C29H34O11. The lowest BCUT2D eigenvalue weighted by atomic mass is 9.51. The second-order valence-electron chi connectivity index (χ2n) is 12.8. The number of aliphatic hydroxyl groups excluding tert-OH is 2. The lowest BCUT2D eigenvalue weighted by molar-refractivity contribution is -0.233. The van der Waals surface area contributed by atoms with Crippen molar-refractivity contribution in [1.82, 2.24) is 0 Å². The molecule has 0 aromatic heterocycles. The molecule has 0 amide bonds. The number of esters is 2. The molecule has 2 aliphatic carbocycles. The van der Waals surface area contributed by atoms with Crippen LogP contribution in [-0.2, 0) is 42.7 Å². The van der Waals surface area contributed by atoms with Gasteiger partial charge in [0.1, 0.15) is 41.7 Å². The Morgan fingerprint density at radius 2 is 1.85 bits per heavy atom. The van der Waals surface area contributed by atoms with E-state index in [1.807, 2.05) is 0 Å². The van der Waals surface area contributed by atoms with E-state index in [4.69, 9.17) is 33.2 Å². The van der Waals surface area contributed by atoms with Crippen molar-refractivity contribution in [2.75, 3.05) is 19.8 Å². The number of carbonyl (C=O) groups is 2. The van der Waals surface area contributed by atoms with Crippen molar-refractivity contribution in [2.24, 2.45) is 10.8 Å². The quantitative estimate of drug-likeness (QED) is 0.245. The number of carbonyl (C=O) groups excluding carboxylic acids is 2. The van der Waals surface area contributed by atoms with Crippen LogP contribution in [0.1, 0.15) is 39.5 Å². The van der Waals surface area contributed by atoms with E-state index >= 15 is 0 Å². The fraction of sp³-hybridized carbons (Fsp3) is 0.724. The van der Waals surface area contributed by atoms with E-state index < -0.39 is 70.3 Å². The Balaban J connectivity index is 1.22. The minimum atomic E-state index is -1.54. The lowest BCUT2D eigenvalue weighted by Crippen LogP contribution is -2.67. The first-order valence-corrected chi connectivity index (χ1v) is 14.2. The predicted molar refractivity (Wildman–Crippen MR) is 132 cm³/mol. The van der Waals surface area contributed by atoms with Gasteiger partial charge in [0.15, 0.2) is 12.4 Å². The largest absolute Gasteiger partial charge is 0.463 e. The molecule has 0 unspecified atom stereocenters. The summed E-state index contributed by atoms with van der Waals surface area (Å²) in [6.07, 6.45) is 4.33. The van der Waals surface area contributed by atoms with Crippen LogP contribution in [0.2, 0.25) is 0 Å². The molecule has 0 aromatic rings. The Morgan fingerprint density at radius 3 is 2.65 bits per heavy atom. The van der Waals surface area contributed by atoms with Gasteiger partial charge in [-0.1, -0.05) is 30.7 Å². The second-order valence-corrected chi connectivity index (χ2v) is 12.8. The van der Waals surface area contributed by atoms with Crippen molar-refractivity contribution in [3.05, 3.63) is 36.0 Å². The maximum atomic E-state index is 13.7. The Morgan fingerprint density at radius 1 is 1.02 bits per heavy atom. The first-order chi connectivity index (χ1) is 19.1. The molecule has 216 valence electrons. The molecular weight excluding hydrogens is 524 g/mol. The number of epoxide rings is 2. The van der Waals surface area contributed by atoms with Crippen LogP contribution in [-0.4, -0.2) is 102 Å². The zero-order valence-corrected chi connectivity index (χ0v) is 22.4. The minimum absolute atomic E-state index is 0.0345. The number of allylic oxidation sites excluding steroid dienone is 3. The van der Waals surface area contributed by atoms with E-state index in [2.05, 4.69) is 19.9 Å². The average Bonchev–Trinajstić information content (AvgIpc) is 3.83. The van der Waals surface area contributed by atoms with Crippen LogP contribution in [0.3, 0.4) is 0 Å². The maximum absolute atomic E-state index is 13.7. The molecule has 4 bridgehead atoms. The van der Waals surface area contributed by atoms with Gasteiger partial charge in [-0.15, -0.1) is 0 Å². The van der Waals surface area contributed by atoms with Crippen LogP contribution in [0.15, 0.2) is 36.0 Å². The summed E-state index contributed by atoms with van der Waals surface area (Å²) in [5, 5.41) is 21.3. The highest BCUT2D eigenvalue weighted by Gasteiger charge is 2.83. The number of cyclic esters (lactones) is 1. The summed E-state index contributed by atoms with van der Waals surface area (Å²) >= 11 is 0. The third-order valence-electron chi connectivity index (χ3n) is 11.3. The zero-order valence-electron chi connectivity index (χ0n) is 22.4. The smallest absolute Gasteiger partial charge is 0.338 e. The SMILES string of the molecule is CC1=C[C@H]2O[C@@H]3C[C@H]4OC(=O)/C=C\C=C[C@]56OCC[C@@]7(O[C@@H]7C(=O)OC[C@@]2(CC1)[C@]4(C)[C@]31CO1)[C@H]5O[C@@H](O)[C@@H]6O. The molecule has 5 saturated heterocycles. The molecule has 0 aromatic carbocycles. The summed E-state index contributed by atoms with van der Waals surface area (Å²) in [4.78, 5) is 26.8. The molecule has 3 spiro atoms. The van der Waals surface area contributed by atoms with Crippen molar-refractivity contribution >= 4 is 11.9 Å². The molecule has 11 nitrogen and oxygen atoms in total. The molecule has 8 rings (SSSR count). The molecule has 40 heavy (non-hydrogen) atoms. The fourth-order valence-corrected chi connectivity index (χ4v) is 8.86. The topological polar surface area (TPSA) is 146 Å².